The van der Waals surface area contributed by atoms with Gasteiger partial charge in [-0.25, -0.2) is 4.79 Å². The molecule has 1 N–H and O–H groups in total. The number of aromatic amines is 1. The lowest BCUT2D eigenvalue weighted by molar-refractivity contribution is 0.622. The predicted octanol–water partition coefficient (Wildman–Crippen LogP) is -1.29. The first-order chi connectivity index (χ1) is 7.56. The van der Waals surface area contributed by atoms with Gasteiger partial charge in [0.25, 0.3) is 5.56 Å². The van der Waals surface area contributed by atoms with Gasteiger partial charge in [0.05, 0.1) is 17.2 Å². The second-order valence-corrected chi connectivity index (χ2v) is 4.22. The van der Waals surface area contributed by atoms with Gasteiger partial charge in [0.2, 0.25) is 0 Å². The molecule has 2 aromatic heterocycles. The zero-order valence-electron chi connectivity index (χ0n) is 8.21. The van der Waals surface area contributed by atoms with Crippen LogP contribution in [0.4, 0.5) is 0 Å². The van der Waals surface area contributed by atoms with Crippen LogP contribution >= 0.6 is 22.6 Å². The molecular formula is C7H7IN6O2. The Morgan fingerprint density at radius 1 is 1.50 bits per heavy atom. The standard InChI is InChI=1S/C7H7IN6O2/c1-13-11-5(10-12-13)3-14-2-4(8)6(15)9-7(14)16/h2H,3H2,1H3,(H,9,15,16). The van der Waals surface area contributed by atoms with Crippen molar-refractivity contribution in [3.8, 4) is 0 Å². The highest BCUT2D eigenvalue weighted by Gasteiger charge is 2.06. The number of nitrogens with one attached hydrogen (secondary N) is 1. The third kappa shape index (κ3) is 2.18. The second kappa shape index (κ2) is 4.15. The molecule has 2 rings (SSSR count). The summed E-state index contributed by atoms with van der Waals surface area (Å²) >= 11 is 1.85. The van der Waals surface area contributed by atoms with Gasteiger partial charge in [0, 0.05) is 6.20 Å². The van der Waals surface area contributed by atoms with Crippen LogP contribution in [0.25, 0.3) is 0 Å². The maximum Gasteiger partial charge on any atom is 0.328 e. The van der Waals surface area contributed by atoms with E-state index in [1.54, 1.807) is 7.05 Å². The summed E-state index contributed by atoms with van der Waals surface area (Å²) < 4.78 is 1.75. The van der Waals surface area contributed by atoms with Crippen LogP contribution in [-0.4, -0.2) is 29.8 Å². The Balaban J connectivity index is 2.39. The number of hydrogen-bond donors (Lipinski definition) is 1. The van der Waals surface area contributed by atoms with E-state index in [0.717, 1.165) is 0 Å². The molecule has 0 fully saturated rings. The van der Waals surface area contributed by atoms with Crippen molar-refractivity contribution >= 4 is 22.6 Å². The number of halogens is 1. The van der Waals surface area contributed by atoms with E-state index in [1.807, 2.05) is 22.6 Å². The molecule has 2 aromatic rings. The van der Waals surface area contributed by atoms with Crippen molar-refractivity contribution < 1.29 is 0 Å². The number of tetrazole rings is 1. The van der Waals surface area contributed by atoms with Gasteiger partial charge in [-0.05, 0) is 27.8 Å². The van der Waals surface area contributed by atoms with E-state index in [0.29, 0.717) is 9.39 Å². The highest BCUT2D eigenvalue weighted by Crippen LogP contribution is 1.95. The van der Waals surface area contributed by atoms with Crippen LogP contribution in [0, 0.1) is 3.57 Å². The molecule has 0 aliphatic carbocycles. The molecule has 0 spiro atoms. The molecule has 0 radical (unpaired) electrons. The molecule has 9 heteroatoms. The van der Waals surface area contributed by atoms with Crippen LogP contribution in [0.15, 0.2) is 15.8 Å². The minimum Gasteiger partial charge on any atom is -0.292 e. The minimum atomic E-state index is -0.488. The summed E-state index contributed by atoms with van der Waals surface area (Å²) in [4.78, 5) is 26.0. The van der Waals surface area contributed by atoms with E-state index in [-0.39, 0.29) is 6.54 Å². The molecule has 2 heterocycles. The average molecular weight is 334 g/mol. The average Bonchev–Trinajstić information content (AvgIpc) is 2.60. The van der Waals surface area contributed by atoms with Crippen molar-refractivity contribution in [1.82, 2.24) is 29.8 Å². The number of aryl methyl sites for hydroxylation is 1. The Hall–Kier alpha value is -1.52. The smallest absolute Gasteiger partial charge is 0.292 e. The van der Waals surface area contributed by atoms with Crippen molar-refractivity contribution in [3.63, 3.8) is 0 Å². The van der Waals surface area contributed by atoms with Gasteiger partial charge in [0.15, 0.2) is 5.82 Å². The monoisotopic (exact) mass is 334 g/mol. The Bertz CT molecular complexity index is 626. The lowest BCUT2D eigenvalue weighted by Crippen LogP contribution is -2.31. The van der Waals surface area contributed by atoms with Gasteiger partial charge in [-0.3, -0.25) is 14.3 Å². The molecule has 0 aliphatic rings. The summed E-state index contributed by atoms with van der Waals surface area (Å²) in [7, 11) is 1.63. The molecule has 0 aromatic carbocycles. The van der Waals surface area contributed by atoms with Gasteiger partial charge in [-0.15, -0.1) is 10.2 Å². The van der Waals surface area contributed by atoms with Crippen LogP contribution < -0.4 is 11.2 Å². The molecule has 0 amide bonds. The third-order valence-electron chi connectivity index (χ3n) is 1.83. The fraction of sp³-hybridized carbons (Fsp3) is 0.286. The van der Waals surface area contributed by atoms with E-state index in [4.69, 9.17) is 0 Å². The van der Waals surface area contributed by atoms with Crippen LogP contribution in [0.5, 0.6) is 0 Å². The fourth-order valence-corrected chi connectivity index (χ4v) is 1.61. The quantitative estimate of drug-likeness (QED) is 0.690. The first kappa shape index (κ1) is 11.0. The number of rotatable bonds is 2. The number of H-pyrrole nitrogens is 1. The zero-order valence-corrected chi connectivity index (χ0v) is 10.4. The molecule has 0 saturated carbocycles. The zero-order chi connectivity index (χ0) is 11.7. The van der Waals surface area contributed by atoms with E-state index in [9.17, 15) is 9.59 Å². The summed E-state index contributed by atoms with van der Waals surface area (Å²) in [6.45, 7) is 0.180. The highest BCUT2D eigenvalue weighted by atomic mass is 127. The Morgan fingerprint density at radius 3 is 2.88 bits per heavy atom. The lowest BCUT2D eigenvalue weighted by Gasteiger charge is -2.00. The molecule has 8 nitrogen and oxygen atoms in total. The molecule has 0 saturated heterocycles. The third-order valence-corrected chi connectivity index (χ3v) is 2.60. The Kier molecular flexibility index (Phi) is 2.85. The molecular weight excluding hydrogens is 327 g/mol. The number of aromatic nitrogens is 6. The summed E-state index contributed by atoms with van der Waals surface area (Å²) in [5, 5.41) is 11.3. The van der Waals surface area contributed by atoms with Crippen molar-refractivity contribution in [3.05, 3.63) is 36.4 Å². The summed E-state index contributed by atoms with van der Waals surface area (Å²) in [6.07, 6.45) is 1.46. The van der Waals surface area contributed by atoms with Gasteiger partial charge in [-0.1, -0.05) is 0 Å². The highest BCUT2D eigenvalue weighted by molar-refractivity contribution is 14.1. The molecule has 0 unspecified atom stereocenters. The summed E-state index contributed by atoms with van der Waals surface area (Å²) in [6, 6.07) is 0. The normalized spacial score (nSPS) is 10.6. The van der Waals surface area contributed by atoms with Crippen molar-refractivity contribution in [2.45, 2.75) is 6.54 Å². The van der Waals surface area contributed by atoms with Gasteiger partial charge >= 0.3 is 5.69 Å². The fourth-order valence-electron chi connectivity index (χ4n) is 1.14. The van der Waals surface area contributed by atoms with Gasteiger partial charge < -0.3 is 0 Å². The maximum absolute atomic E-state index is 11.4. The molecule has 0 bridgehead atoms. The van der Waals surface area contributed by atoms with Crippen molar-refractivity contribution in [2.75, 3.05) is 0 Å². The SMILES string of the molecule is Cn1nnc(Cn2cc(I)c(=O)[nH]c2=O)n1. The first-order valence-corrected chi connectivity index (χ1v) is 5.36. The second-order valence-electron chi connectivity index (χ2n) is 3.06. The van der Waals surface area contributed by atoms with Gasteiger partial charge in [0.1, 0.15) is 0 Å². The maximum atomic E-state index is 11.4. The predicted molar refractivity (Wildman–Crippen MR) is 61.9 cm³/mol. The first-order valence-electron chi connectivity index (χ1n) is 4.28. The summed E-state index contributed by atoms with van der Waals surface area (Å²) in [5.41, 5.74) is -0.883. The van der Waals surface area contributed by atoms with E-state index in [2.05, 4.69) is 20.4 Å². The molecule has 84 valence electrons. The van der Waals surface area contributed by atoms with Crippen LogP contribution in [0.2, 0.25) is 0 Å². The summed E-state index contributed by atoms with van der Waals surface area (Å²) in [5.74, 6) is 0.410. The lowest BCUT2D eigenvalue weighted by atomic mass is 10.5. The number of hydrogen-bond acceptors (Lipinski definition) is 5. The Morgan fingerprint density at radius 2 is 2.25 bits per heavy atom. The molecule has 16 heavy (non-hydrogen) atoms. The largest absolute Gasteiger partial charge is 0.328 e. The molecule has 0 atom stereocenters. The van der Waals surface area contributed by atoms with E-state index < -0.39 is 11.2 Å². The topological polar surface area (TPSA) is 98.5 Å². The molecule has 0 aliphatic heterocycles. The van der Waals surface area contributed by atoms with Crippen molar-refractivity contribution in [2.24, 2.45) is 7.05 Å². The van der Waals surface area contributed by atoms with Crippen molar-refractivity contribution in [1.29, 1.82) is 0 Å². The Labute approximate surface area is 102 Å². The van der Waals surface area contributed by atoms with Gasteiger partial charge in [-0.2, -0.15) is 4.80 Å². The number of nitrogens with zero attached hydrogens (tertiary/aromatic N) is 5. The minimum absolute atomic E-state index is 0.180. The van der Waals surface area contributed by atoms with Crippen LogP contribution in [-0.2, 0) is 13.6 Å². The van der Waals surface area contributed by atoms with E-state index in [1.165, 1.54) is 15.6 Å². The van der Waals surface area contributed by atoms with Crippen LogP contribution in [0.1, 0.15) is 5.82 Å². The van der Waals surface area contributed by atoms with E-state index >= 15 is 0 Å². The van der Waals surface area contributed by atoms with Crippen LogP contribution in [0.3, 0.4) is 0 Å².